The molecule has 0 spiro atoms. The van der Waals surface area contributed by atoms with Gasteiger partial charge in [0.15, 0.2) is 0 Å². The smallest absolute Gasteiger partial charge is 0.0799 e. The number of hydrogen-bond donors (Lipinski definition) is 0. The van der Waals surface area contributed by atoms with Crippen LogP contribution in [0.25, 0.3) is 42.7 Å². The molecule has 3 aromatic heterocycles. The van der Waals surface area contributed by atoms with Crippen LogP contribution in [0, 0.1) is 30.7 Å². The second-order valence-electron chi connectivity index (χ2n) is 13.6. The summed E-state index contributed by atoms with van der Waals surface area (Å²) in [5, 5.41) is 3.72. The summed E-state index contributed by atoms with van der Waals surface area (Å²) in [6, 6.07) is 27.5. The molecule has 0 amide bonds. The third-order valence-electron chi connectivity index (χ3n) is 8.82. The first kappa shape index (κ1) is 30.1. The number of pyridine rings is 2. The fourth-order valence-corrected chi connectivity index (χ4v) is 9.23. The third-order valence-corrected chi connectivity index (χ3v) is 12.0. The van der Waals surface area contributed by atoms with Crippen molar-refractivity contribution < 1.29 is 30.0 Å². The van der Waals surface area contributed by atoms with Crippen LogP contribution in [0.3, 0.4) is 0 Å². The van der Waals surface area contributed by atoms with Crippen molar-refractivity contribution in [1.29, 1.82) is 0 Å². The van der Waals surface area contributed by atoms with E-state index in [9.17, 15) is 4.39 Å². The van der Waals surface area contributed by atoms with E-state index in [1.165, 1.54) is 63.9 Å². The second kappa shape index (κ2) is 15.0. The Morgan fingerprint density at radius 1 is 0.979 bits per heavy atom. The quantitative estimate of drug-likeness (QED) is 0.123. The molecule has 47 heavy (non-hydrogen) atoms. The minimum Gasteiger partial charge on any atom is -0.305 e. The van der Waals surface area contributed by atoms with Gasteiger partial charge in [0.1, 0.15) is 0 Å². The molecule has 0 atom stereocenters. The molecule has 7 rings (SSSR count). The number of nitrogens with zero attached hydrogens (tertiary/aromatic N) is 2. The zero-order chi connectivity index (χ0) is 35.8. The molecule has 3 aromatic carbocycles. The predicted octanol–water partition coefficient (Wildman–Crippen LogP) is 11.3. The fourth-order valence-electron chi connectivity index (χ4n) is 6.44. The number of hydrogen-bond acceptors (Lipinski definition) is 3. The van der Waals surface area contributed by atoms with Gasteiger partial charge in [-0.25, -0.2) is 0 Å². The van der Waals surface area contributed by atoms with Gasteiger partial charge >= 0.3 is 0 Å². The van der Waals surface area contributed by atoms with E-state index < -0.39 is 26.6 Å². The van der Waals surface area contributed by atoms with Crippen molar-refractivity contribution in [2.24, 2.45) is 5.92 Å². The van der Waals surface area contributed by atoms with Crippen LogP contribution in [0.15, 0.2) is 79.1 Å². The summed E-state index contributed by atoms with van der Waals surface area (Å²) in [7, 11) is -1.72. The number of halogens is 1. The van der Waals surface area contributed by atoms with Gasteiger partial charge in [-0.2, -0.15) is 11.3 Å². The average molecular weight is 839 g/mol. The topological polar surface area (TPSA) is 25.8 Å². The number of aryl methyl sites for hydroxylation is 1. The van der Waals surface area contributed by atoms with E-state index in [0.29, 0.717) is 5.69 Å². The van der Waals surface area contributed by atoms with Crippen molar-refractivity contribution in [3.8, 4) is 22.5 Å². The van der Waals surface area contributed by atoms with Crippen molar-refractivity contribution >= 4 is 44.8 Å². The maximum Gasteiger partial charge on any atom is 0.0799 e. The van der Waals surface area contributed by atoms with Crippen LogP contribution in [0.1, 0.15) is 67.6 Å². The molecule has 1 saturated carbocycles. The molecule has 2 nitrogen and oxygen atoms in total. The van der Waals surface area contributed by atoms with Gasteiger partial charge in [0.05, 0.1) is 8.07 Å². The van der Waals surface area contributed by atoms with E-state index in [1.807, 2.05) is 23.6 Å². The summed E-state index contributed by atoms with van der Waals surface area (Å²) in [4.78, 5) is 9.06. The Kier molecular flexibility index (Phi) is 9.62. The Labute approximate surface area is 303 Å². The van der Waals surface area contributed by atoms with E-state index >= 15 is 0 Å². The predicted molar refractivity (Wildman–Crippen MR) is 197 cm³/mol. The molecule has 6 heteroatoms. The first-order valence-electron chi connectivity index (χ1n) is 18.1. The van der Waals surface area contributed by atoms with Crippen molar-refractivity contribution in [2.75, 3.05) is 0 Å². The Morgan fingerprint density at radius 3 is 2.47 bits per heavy atom. The van der Waals surface area contributed by atoms with E-state index in [4.69, 9.17) is 5.48 Å². The van der Waals surface area contributed by atoms with Crippen LogP contribution in [0.4, 0.5) is 4.39 Å². The van der Waals surface area contributed by atoms with Gasteiger partial charge in [-0.05, 0) is 57.0 Å². The molecule has 0 saturated heterocycles. The molecular weight excluding hydrogens is 792 g/mol. The van der Waals surface area contributed by atoms with Crippen molar-refractivity contribution in [2.45, 2.75) is 78.3 Å². The van der Waals surface area contributed by atoms with E-state index in [0.717, 1.165) is 34.0 Å². The summed E-state index contributed by atoms with van der Waals surface area (Å²) in [6.45, 7) is 7.75. The molecule has 6 aromatic rings. The SMILES string of the molecule is [2H]C([2H])([2H])c1c[c-]c(-c2cc(C([2H])(C)C)c([Si](C)(C)C)cn2)c(F)c1.[Ir].[c-]1ccc2c(sc3ccccc32)c1-c1cc(CC2CCCC2)ccn1. The van der Waals surface area contributed by atoms with Crippen LogP contribution < -0.4 is 5.19 Å². The van der Waals surface area contributed by atoms with Gasteiger partial charge in [-0.15, -0.1) is 47.5 Å². The second-order valence-corrected chi connectivity index (χ2v) is 19.7. The molecule has 0 bridgehead atoms. The number of fused-ring (bicyclic) bond motifs is 3. The molecule has 1 aliphatic carbocycles. The molecule has 1 aliphatic rings. The molecule has 3 heterocycles. The van der Waals surface area contributed by atoms with E-state index in [-0.39, 0.29) is 31.2 Å². The number of aromatic nitrogens is 2. The minimum atomic E-state index is -2.38. The standard InChI is InChI=1S/C23H20NS.C18H23FNSi.Ir/c1-2-7-16(6-1)14-17-12-13-24-21(15-17)20-10-5-9-19-18-8-3-4-11-22(18)25-23(19)20;1-12(2)15-10-17(20-11-18(15)21(4,5)6)14-8-7-13(3)9-16(14)19;/h3-5,8-9,11-13,15-16H,1-2,6-7,14H2;7,9-12H,1-6H3;/q2*-1;/i;3D3,12D;. The number of rotatable bonds is 6. The molecule has 1 fully saturated rings. The first-order valence-corrected chi connectivity index (χ1v) is 20.4. The van der Waals surface area contributed by atoms with Gasteiger partial charge in [0, 0.05) is 48.5 Å². The van der Waals surface area contributed by atoms with Crippen LogP contribution in [-0.4, -0.2) is 18.0 Å². The normalized spacial score (nSPS) is 15.3. The third kappa shape index (κ3) is 8.00. The van der Waals surface area contributed by atoms with Gasteiger partial charge in [0.2, 0.25) is 0 Å². The van der Waals surface area contributed by atoms with Crippen molar-refractivity contribution in [3.63, 3.8) is 0 Å². The molecular formula is C41H43FIrN2SSi-2. The van der Waals surface area contributed by atoms with Gasteiger partial charge in [-0.1, -0.05) is 118 Å². The molecule has 1 radical (unpaired) electrons. The monoisotopic (exact) mass is 839 g/mol. The van der Waals surface area contributed by atoms with Crippen LogP contribution >= 0.6 is 11.3 Å². The number of thiophene rings is 1. The molecule has 245 valence electrons. The van der Waals surface area contributed by atoms with Crippen LogP contribution in [0.2, 0.25) is 19.6 Å². The summed E-state index contributed by atoms with van der Waals surface area (Å²) in [5.74, 6) is -0.655. The Hall–Kier alpha value is -3.02. The van der Waals surface area contributed by atoms with Gasteiger partial charge in [0.25, 0.3) is 0 Å². The summed E-state index contributed by atoms with van der Waals surface area (Å²) in [5.41, 5.74) is 4.86. The average Bonchev–Trinajstić information content (AvgIpc) is 3.71. The maximum atomic E-state index is 14.5. The summed E-state index contributed by atoms with van der Waals surface area (Å²) in [6.07, 6.45) is 10.5. The first-order chi connectivity index (χ1) is 23.6. The van der Waals surface area contributed by atoms with Crippen LogP contribution in [-0.2, 0) is 26.5 Å². The van der Waals surface area contributed by atoms with Crippen molar-refractivity contribution in [3.05, 3.63) is 114 Å². The summed E-state index contributed by atoms with van der Waals surface area (Å²) >= 11 is 1.85. The van der Waals surface area contributed by atoms with E-state index in [2.05, 4.69) is 84.2 Å². The summed E-state index contributed by atoms with van der Waals surface area (Å²) < 4.78 is 47.6. The van der Waals surface area contributed by atoms with Crippen LogP contribution in [0.5, 0.6) is 0 Å². The Balaban J connectivity index is 0.000000194. The fraction of sp³-hybridized carbons (Fsp3) is 0.317. The zero-order valence-corrected chi connectivity index (χ0v) is 31.8. The Morgan fingerprint density at radius 2 is 1.74 bits per heavy atom. The molecule has 0 N–H and O–H groups in total. The molecule has 0 unspecified atom stereocenters. The molecule has 0 aliphatic heterocycles. The van der Waals surface area contributed by atoms with E-state index in [1.54, 1.807) is 26.1 Å². The number of benzene rings is 3. The maximum absolute atomic E-state index is 14.5. The van der Waals surface area contributed by atoms with Gasteiger partial charge < -0.3 is 9.97 Å². The van der Waals surface area contributed by atoms with Gasteiger partial charge in [-0.3, -0.25) is 4.39 Å². The Bertz CT molecular complexity index is 2150. The largest absolute Gasteiger partial charge is 0.305 e. The zero-order valence-electron chi connectivity index (χ0n) is 31.6. The van der Waals surface area contributed by atoms with Crippen molar-refractivity contribution in [1.82, 2.24) is 9.97 Å². The minimum absolute atomic E-state index is 0.